The van der Waals surface area contributed by atoms with Crippen LogP contribution in [0.3, 0.4) is 0 Å². The lowest BCUT2D eigenvalue weighted by Gasteiger charge is -1.82. The molecule has 10 heavy (non-hydrogen) atoms. The Morgan fingerprint density at radius 1 is 1.60 bits per heavy atom. The van der Waals surface area contributed by atoms with Crippen molar-refractivity contribution in [1.82, 2.24) is 0 Å². The van der Waals surface area contributed by atoms with E-state index in [0.717, 1.165) is 0 Å². The van der Waals surface area contributed by atoms with Crippen LogP contribution in [-0.4, -0.2) is 30.0 Å². The van der Waals surface area contributed by atoms with Gasteiger partial charge in [0.15, 0.2) is 0 Å². The fraction of sp³-hybridized carbons (Fsp3) is 0.800. The van der Waals surface area contributed by atoms with Gasteiger partial charge in [-0.05, 0) is 0 Å². The molecule has 5 N–H and O–H groups in total. The molecule has 0 fully saturated rings. The van der Waals surface area contributed by atoms with E-state index in [1.165, 1.54) is 0 Å². The van der Waals surface area contributed by atoms with Crippen LogP contribution in [0.1, 0.15) is 6.42 Å². The molecular weight excluding hydrogens is 156 g/mol. The van der Waals surface area contributed by atoms with Gasteiger partial charge in [-0.25, -0.2) is 0 Å². The largest absolute Gasteiger partial charge is 0.395 e. The summed E-state index contributed by atoms with van der Waals surface area (Å²) in [6.45, 7) is 0.441. The van der Waals surface area contributed by atoms with E-state index in [2.05, 4.69) is 5.73 Å². The van der Waals surface area contributed by atoms with Gasteiger partial charge in [-0.1, -0.05) is 0 Å². The summed E-state index contributed by atoms with van der Waals surface area (Å²) in [4.78, 5) is 9.74. The Kier molecular flexibility index (Phi) is 14.2. The standard InChI is InChI=1S/C3H8N2O.C2H5ClO/c4-2-1-3(5)6;3-1-2-4/h1-2,4H2,(H2,5,6);4H,1-2H2. The second-order valence-electron chi connectivity index (χ2n) is 1.42. The van der Waals surface area contributed by atoms with Gasteiger partial charge < -0.3 is 16.6 Å². The van der Waals surface area contributed by atoms with Gasteiger partial charge in [0.25, 0.3) is 0 Å². The maximum Gasteiger partial charge on any atom is 0.218 e. The summed E-state index contributed by atoms with van der Waals surface area (Å²) in [5, 5.41) is 7.74. The van der Waals surface area contributed by atoms with Crippen molar-refractivity contribution < 1.29 is 9.90 Å². The molecule has 0 spiro atoms. The zero-order chi connectivity index (χ0) is 8.41. The van der Waals surface area contributed by atoms with E-state index in [-0.39, 0.29) is 12.5 Å². The SMILES string of the molecule is NCCC(N)=O.OCCCl. The second-order valence-corrected chi connectivity index (χ2v) is 1.80. The van der Waals surface area contributed by atoms with E-state index in [1.54, 1.807) is 0 Å². The van der Waals surface area contributed by atoms with Gasteiger partial charge in [0.2, 0.25) is 5.91 Å². The van der Waals surface area contributed by atoms with E-state index in [0.29, 0.717) is 18.8 Å². The van der Waals surface area contributed by atoms with E-state index in [9.17, 15) is 4.79 Å². The third-order valence-electron chi connectivity index (χ3n) is 0.475. The summed E-state index contributed by atoms with van der Waals surface area (Å²) in [5.41, 5.74) is 9.61. The van der Waals surface area contributed by atoms with E-state index >= 15 is 0 Å². The van der Waals surface area contributed by atoms with Crippen LogP contribution in [0.4, 0.5) is 0 Å². The maximum atomic E-state index is 9.74. The number of primary amides is 1. The number of carbonyl (C=O) groups excluding carboxylic acids is 1. The molecule has 5 heteroatoms. The number of aliphatic hydroxyl groups excluding tert-OH is 1. The predicted octanol–water partition coefficient (Wildman–Crippen LogP) is -0.962. The lowest BCUT2D eigenvalue weighted by atomic mass is 10.4. The smallest absolute Gasteiger partial charge is 0.218 e. The molecule has 0 aliphatic rings. The molecule has 0 saturated heterocycles. The minimum atomic E-state index is -0.336. The van der Waals surface area contributed by atoms with Crippen molar-refractivity contribution >= 4 is 17.5 Å². The molecule has 0 rings (SSSR count). The Balaban J connectivity index is 0. The highest BCUT2D eigenvalue weighted by atomic mass is 35.5. The molecule has 0 radical (unpaired) electrons. The Labute approximate surface area is 65.1 Å². The van der Waals surface area contributed by atoms with Crippen molar-refractivity contribution in [3.8, 4) is 0 Å². The molecule has 0 aliphatic carbocycles. The predicted molar refractivity (Wildman–Crippen MR) is 40.7 cm³/mol. The van der Waals surface area contributed by atoms with Crippen LogP contribution >= 0.6 is 11.6 Å². The molecule has 1 amide bonds. The van der Waals surface area contributed by atoms with Crippen LogP contribution in [0.5, 0.6) is 0 Å². The van der Waals surface area contributed by atoms with E-state index in [1.807, 2.05) is 0 Å². The van der Waals surface area contributed by atoms with Gasteiger partial charge in [0.05, 0.1) is 6.61 Å². The fourth-order valence-electron chi connectivity index (χ4n) is 0.142. The zero-order valence-corrected chi connectivity index (χ0v) is 6.47. The molecule has 0 atom stereocenters. The summed E-state index contributed by atoms with van der Waals surface area (Å²) >= 11 is 4.94. The second kappa shape index (κ2) is 11.5. The first-order valence-electron chi connectivity index (χ1n) is 2.84. The summed E-state index contributed by atoms with van der Waals surface area (Å²) in [7, 11) is 0. The minimum absolute atomic E-state index is 0.0849. The summed E-state index contributed by atoms with van der Waals surface area (Å²) in [5.74, 6) is 0.0116. The average Bonchev–Trinajstić information content (AvgIpc) is 1.89. The van der Waals surface area contributed by atoms with E-state index < -0.39 is 0 Å². The average molecular weight is 169 g/mol. The van der Waals surface area contributed by atoms with E-state index in [4.69, 9.17) is 22.4 Å². The Morgan fingerprint density at radius 3 is 2.00 bits per heavy atom. The first-order chi connectivity index (χ1) is 4.68. The monoisotopic (exact) mass is 168 g/mol. The van der Waals surface area contributed by atoms with Crippen LogP contribution in [0.25, 0.3) is 0 Å². The third kappa shape index (κ3) is 25.3. The van der Waals surface area contributed by atoms with Crippen molar-refractivity contribution in [3.05, 3.63) is 0 Å². The molecular formula is C5H13ClN2O2. The quantitative estimate of drug-likeness (QED) is 0.474. The molecule has 0 saturated carbocycles. The number of amides is 1. The first kappa shape index (κ1) is 12.4. The molecule has 0 bridgehead atoms. The zero-order valence-electron chi connectivity index (χ0n) is 5.72. The Bertz CT molecular complexity index is 78.0. The van der Waals surface area contributed by atoms with Gasteiger partial charge in [-0.2, -0.15) is 0 Å². The third-order valence-corrected chi connectivity index (χ3v) is 0.644. The van der Waals surface area contributed by atoms with Crippen LogP contribution in [0.2, 0.25) is 0 Å². The number of nitrogens with two attached hydrogens (primary N) is 2. The molecule has 62 valence electrons. The lowest BCUT2D eigenvalue weighted by Crippen LogP contribution is -2.15. The molecule has 0 aromatic rings. The lowest BCUT2D eigenvalue weighted by molar-refractivity contribution is -0.117. The molecule has 0 aromatic carbocycles. The number of hydrogen-bond acceptors (Lipinski definition) is 3. The van der Waals surface area contributed by atoms with Crippen LogP contribution < -0.4 is 11.5 Å². The summed E-state index contributed by atoms with van der Waals surface area (Å²) < 4.78 is 0. The highest BCUT2D eigenvalue weighted by Gasteiger charge is 1.84. The van der Waals surface area contributed by atoms with Gasteiger partial charge in [0, 0.05) is 18.8 Å². The highest BCUT2D eigenvalue weighted by Crippen LogP contribution is 1.63. The number of halogens is 1. The van der Waals surface area contributed by atoms with Crippen molar-refractivity contribution in [2.45, 2.75) is 6.42 Å². The number of rotatable bonds is 3. The number of carbonyl (C=O) groups is 1. The van der Waals surface area contributed by atoms with Crippen molar-refractivity contribution in [1.29, 1.82) is 0 Å². The number of hydrogen-bond donors (Lipinski definition) is 3. The molecule has 0 aliphatic heterocycles. The van der Waals surface area contributed by atoms with Crippen LogP contribution in [0.15, 0.2) is 0 Å². The number of aliphatic hydroxyl groups is 1. The molecule has 0 heterocycles. The van der Waals surface area contributed by atoms with Gasteiger partial charge in [-0.15, -0.1) is 11.6 Å². The summed E-state index contributed by atoms with van der Waals surface area (Å²) in [6, 6.07) is 0. The van der Waals surface area contributed by atoms with Gasteiger partial charge in [0.1, 0.15) is 0 Å². The highest BCUT2D eigenvalue weighted by molar-refractivity contribution is 6.17. The topological polar surface area (TPSA) is 89.3 Å². The molecule has 0 unspecified atom stereocenters. The van der Waals surface area contributed by atoms with Crippen molar-refractivity contribution in [3.63, 3.8) is 0 Å². The van der Waals surface area contributed by atoms with Gasteiger partial charge >= 0.3 is 0 Å². The van der Waals surface area contributed by atoms with Crippen LogP contribution in [0, 0.1) is 0 Å². The van der Waals surface area contributed by atoms with Crippen molar-refractivity contribution in [2.75, 3.05) is 19.0 Å². The van der Waals surface area contributed by atoms with Gasteiger partial charge in [-0.3, -0.25) is 4.79 Å². The Morgan fingerprint density at radius 2 is 2.00 bits per heavy atom. The fourth-order valence-corrected chi connectivity index (χ4v) is 0.142. The minimum Gasteiger partial charge on any atom is -0.395 e. The normalized spacial score (nSPS) is 7.90. The van der Waals surface area contributed by atoms with Crippen LogP contribution in [-0.2, 0) is 4.79 Å². The number of alkyl halides is 1. The van der Waals surface area contributed by atoms with Crippen molar-refractivity contribution in [2.24, 2.45) is 11.5 Å². The molecule has 0 aromatic heterocycles. The maximum absolute atomic E-state index is 9.74. The Hall–Kier alpha value is -0.320. The summed E-state index contributed by atoms with van der Waals surface area (Å²) in [6.07, 6.45) is 0.292. The first-order valence-corrected chi connectivity index (χ1v) is 3.37. The molecule has 4 nitrogen and oxygen atoms in total.